The fourth-order valence-corrected chi connectivity index (χ4v) is 3.52. The highest BCUT2D eigenvalue weighted by molar-refractivity contribution is 14.0. The molecule has 22 heavy (non-hydrogen) atoms. The first-order chi connectivity index (χ1) is 10.2. The van der Waals surface area contributed by atoms with E-state index in [1.54, 1.807) is 7.11 Å². The zero-order chi connectivity index (χ0) is 15.5. The van der Waals surface area contributed by atoms with E-state index in [2.05, 4.69) is 40.8 Å². The van der Waals surface area contributed by atoms with Crippen LogP contribution in [0.15, 0.2) is 4.99 Å². The molecule has 132 valence electrons. The minimum atomic E-state index is 0. The summed E-state index contributed by atoms with van der Waals surface area (Å²) in [5, 5.41) is 4.15. The molecule has 1 aliphatic heterocycles. The van der Waals surface area contributed by atoms with Crippen LogP contribution in [0.1, 0.15) is 20.3 Å². The molecular formula is C15H32IN3O2S. The Bertz CT molecular complexity index is 307. The normalized spacial score (nSPS) is 19.2. The third-order valence-corrected chi connectivity index (χ3v) is 5.07. The maximum Gasteiger partial charge on any atom is 0.193 e. The van der Waals surface area contributed by atoms with Gasteiger partial charge in [0.15, 0.2) is 5.96 Å². The summed E-state index contributed by atoms with van der Waals surface area (Å²) < 4.78 is 10.4. The lowest BCUT2D eigenvalue weighted by Crippen LogP contribution is -2.49. The van der Waals surface area contributed by atoms with Crippen molar-refractivity contribution in [1.82, 2.24) is 10.2 Å². The number of nitrogens with one attached hydrogen (secondary N) is 1. The maximum atomic E-state index is 5.46. The van der Waals surface area contributed by atoms with Crippen molar-refractivity contribution in [3.63, 3.8) is 0 Å². The molecule has 1 unspecified atom stereocenters. The Morgan fingerprint density at radius 3 is 2.77 bits per heavy atom. The van der Waals surface area contributed by atoms with Crippen molar-refractivity contribution in [3.8, 4) is 0 Å². The van der Waals surface area contributed by atoms with Gasteiger partial charge in [0.2, 0.25) is 0 Å². The van der Waals surface area contributed by atoms with E-state index < -0.39 is 0 Å². The van der Waals surface area contributed by atoms with Gasteiger partial charge in [-0.25, -0.2) is 0 Å². The molecule has 1 rings (SSSR count). The maximum absolute atomic E-state index is 5.46. The van der Waals surface area contributed by atoms with Crippen LogP contribution in [-0.4, -0.2) is 75.5 Å². The van der Waals surface area contributed by atoms with E-state index in [0.717, 1.165) is 38.6 Å². The van der Waals surface area contributed by atoms with Gasteiger partial charge in [-0.3, -0.25) is 4.99 Å². The van der Waals surface area contributed by atoms with Crippen LogP contribution in [0.3, 0.4) is 0 Å². The number of thioether (sulfide) groups is 1. The molecule has 1 aliphatic rings. The molecule has 1 heterocycles. The number of hydrogen-bond acceptors (Lipinski definition) is 4. The summed E-state index contributed by atoms with van der Waals surface area (Å²) in [6, 6.07) is 0. The lowest BCUT2D eigenvalue weighted by Gasteiger charge is -2.36. The summed E-state index contributed by atoms with van der Waals surface area (Å²) in [6.07, 6.45) is 0.985. The van der Waals surface area contributed by atoms with E-state index >= 15 is 0 Å². The highest BCUT2D eigenvalue weighted by atomic mass is 127. The molecule has 1 fully saturated rings. The van der Waals surface area contributed by atoms with Crippen molar-refractivity contribution >= 4 is 41.7 Å². The van der Waals surface area contributed by atoms with Gasteiger partial charge in [-0.05, 0) is 12.3 Å². The molecule has 0 bridgehead atoms. The molecule has 0 radical (unpaired) electrons. The van der Waals surface area contributed by atoms with Gasteiger partial charge in [0.1, 0.15) is 0 Å². The third-order valence-electron chi connectivity index (χ3n) is 3.53. The molecule has 5 nitrogen and oxygen atoms in total. The molecular weight excluding hydrogens is 413 g/mol. The number of hydrogen-bond donors (Lipinski definition) is 1. The smallest absolute Gasteiger partial charge is 0.193 e. The molecule has 0 aromatic rings. The van der Waals surface area contributed by atoms with Gasteiger partial charge in [-0.2, -0.15) is 11.8 Å². The topological polar surface area (TPSA) is 46.1 Å². The Morgan fingerprint density at radius 2 is 2.14 bits per heavy atom. The zero-order valence-electron chi connectivity index (χ0n) is 14.3. The van der Waals surface area contributed by atoms with Crippen molar-refractivity contribution in [2.75, 3.05) is 59.4 Å². The van der Waals surface area contributed by atoms with Crippen molar-refractivity contribution in [3.05, 3.63) is 0 Å². The average molecular weight is 445 g/mol. The number of methoxy groups -OCH3 is 1. The van der Waals surface area contributed by atoms with E-state index in [1.165, 1.54) is 5.75 Å². The van der Waals surface area contributed by atoms with E-state index in [-0.39, 0.29) is 24.0 Å². The summed E-state index contributed by atoms with van der Waals surface area (Å²) in [5.74, 6) is 2.92. The summed E-state index contributed by atoms with van der Waals surface area (Å²) >= 11 is 2.09. The number of ether oxygens (including phenoxy) is 2. The molecule has 0 amide bonds. The fraction of sp³-hybridized carbons (Fsp3) is 0.933. The lowest BCUT2D eigenvalue weighted by molar-refractivity contribution is 0.0698. The van der Waals surface area contributed by atoms with E-state index in [0.29, 0.717) is 24.4 Å². The first-order valence-corrected chi connectivity index (χ1v) is 8.87. The number of guanidine groups is 1. The minimum absolute atomic E-state index is 0. The second kappa shape index (κ2) is 13.7. The van der Waals surface area contributed by atoms with E-state index in [9.17, 15) is 0 Å². The Kier molecular flexibility index (Phi) is 13.9. The van der Waals surface area contributed by atoms with Crippen LogP contribution in [0.5, 0.6) is 0 Å². The van der Waals surface area contributed by atoms with E-state index in [1.807, 2.05) is 7.05 Å². The average Bonchev–Trinajstić information content (AvgIpc) is 2.50. The van der Waals surface area contributed by atoms with Crippen molar-refractivity contribution in [2.45, 2.75) is 25.5 Å². The summed E-state index contributed by atoms with van der Waals surface area (Å²) in [7, 11) is 3.56. The largest absolute Gasteiger partial charge is 0.382 e. The highest BCUT2D eigenvalue weighted by Gasteiger charge is 2.24. The van der Waals surface area contributed by atoms with Crippen LogP contribution < -0.4 is 5.32 Å². The van der Waals surface area contributed by atoms with Crippen LogP contribution in [0, 0.1) is 5.92 Å². The van der Waals surface area contributed by atoms with Gasteiger partial charge < -0.3 is 19.7 Å². The lowest BCUT2D eigenvalue weighted by atomic mass is 10.1. The molecule has 0 aliphatic carbocycles. The van der Waals surface area contributed by atoms with Crippen LogP contribution in [0.4, 0.5) is 0 Å². The van der Waals surface area contributed by atoms with Crippen LogP contribution >= 0.6 is 35.7 Å². The summed E-state index contributed by atoms with van der Waals surface area (Å²) in [4.78, 5) is 6.80. The van der Waals surface area contributed by atoms with Gasteiger partial charge in [0.25, 0.3) is 0 Å². The Balaban J connectivity index is 0.00000441. The minimum Gasteiger partial charge on any atom is -0.382 e. The van der Waals surface area contributed by atoms with Gasteiger partial charge >= 0.3 is 0 Å². The predicted molar refractivity (Wildman–Crippen MR) is 107 cm³/mol. The quantitative estimate of drug-likeness (QED) is 0.269. The van der Waals surface area contributed by atoms with Gasteiger partial charge in [0.05, 0.1) is 13.2 Å². The predicted octanol–water partition coefficient (Wildman–Crippen LogP) is 2.31. The monoisotopic (exact) mass is 445 g/mol. The van der Waals surface area contributed by atoms with Gasteiger partial charge in [0, 0.05) is 51.4 Å². The molecule has 0 aromatic carbocycles. The van der Waals surface area contributed by atoms with Crippen LogP contribution in [0.25, 0.3) is 0 Å². The SMILES string of the molecule is CN=C(NCCCOCCOC)N1CCSC(C(C)C)C1.I. The number of rotatable bonds is 8. The van der Waals surface area contributed by atoms with Crippen molar-refractivity contribution < 1.29 is 9.47 Å². The Labute approximate surface area is 157 Å². The standard InChI is InChI=1S/C15H31N3O2S.HI/c1-13(2)14-12-18(7-11-21-14)15(16-3)17-6-5-8-20-10-9-19-4;/h13-14H,5-12H2,1-4H3,(H,16,17);1H. The summed E-state index contributed by atoms with van der Waals surface area (Å²) in [5.41, 5.74) is 0. The summed E-state index contributed by atoms with van der Waals surface area (Å²) in [6.45, 7) is 9.77. The highest BCUT2D eigenvalue weighted by Crippen LogP contribution is 2.24. The van der Waals surface area contributed by atoms with Crippen LogP contribution in [0.2, 0.25) is 0 Å². The molecule has 0 spiro atoms. The first-order valence-electron chi connectivity index (χ1n) is 7.83. The Hall–Kier alpha value is 0.270. The van der Waals surface area contributed by atoms with Gasteiger partial charge in [-0.1, -0.05) is 13.8 Å². The van der Waals surface area contributed by atoms with Crippen molar-refractivity contribution in [2.24, 2.45) is 10.9 Å². The zero-order valence-corrected chi connectivity index (χ0v) is 17.5. The first kappa shape index (κ1) is 22.3. The number of aliphatic imine (C=N–C) groups is 1. The molecule has 0 saturated carbocycles. The van der Waals surface area contributed by atoms with Gasteiger partial charge in [-0.15, -0.1) is 24.0 Å². The molecule has 1 N–H and O–H groups in total. The second-order valence-electron chi connectivity index (χ2n) is 5.53. The molecule has 1 atom stereocenters. The van der Waals surface area contributed by atoms with E-state index in [4.69, 9.17) is 9.47 Å². The molecule has 1 saturated heterocycles. The third kappa shape index (κ3) is 8.79. The molecule has 7 heteroatoms. The second-order valence-corrected chi connectivity index (χ2v) is 6.88. The van der Waals surface area contributed by atoms with Crippen LogP contribution in [-0.2, 0) is 9.47 Å². The number of nitrogens with zero attached hydrogens (tertiary/aromatic N) is 2. The number of halogens is 1. The Morgan fingerprint density at radius 1 is 1.36 bits per heavy atom. The molecule has 0 aromatic heterocycles. The fourth-order valence-electron chi connectivity index (χ4n) is 2.22. The van der Waals surface area contributed by atoms with Crippen molar-refractivity contribution in [1.29, 1.82) is 0 Å².